The number of carbonyl (C=O) groups is 1. The second-order valence-corrected chi connectivity index (χ2v) is 11.2. The van der Waals surface area contributed by atoms with Crippen molar-refractivity contribution in [1.29, 1.82) is 0 Å². The van der Waals surface area contributed by atoms with E-state index in [0.29, 0.717) is 5.69 Å². The molecular weight excluding hydrogens is 499 g/mol. The predicted molar refractivity (Wildman–Crippen MR) is 124 cm³/mol. The number of halogens is 3. The number of aromatic nitrogens is 4. The molecule has 3 aromatic heterocycles. The smallest absolute Gasteiger partial charge is 0.420 e. The van der Waals surface area contributed by atoms with Crippen molar-refractivity contribution in [2.45, 2.75) is 57.8 Å². The lowest BCUT2D eigenvalue weighted by molar-refractivity contribution is -0.138. The maximum absolute atomic E-state index is 13.5. The topological polar surface area (TPSA) is 116 Å². The van der Waals surface area contributed by atoms with E-state index in [1.807, 2.05) is 0 Å². The summed E-state index contributed by atoms with van der Waals surface area (Å²) in [6.45, 7) is 8.31. The van der Waals surface area contributed by atoms with Crippen molar-refractivity contribution in [2.75, 3.05) is 5.75 Å². The number of carbonyl (C=O) groups excluding carboxylic acids is 1. The summed E-state index contributed by atoms with van der Waals surface area (Å²) in [5.74, 6) is -1.21. The molecule has 0 bridgehead atoms. The molecule has 13 heteroatoms. The van der Waals surface area contributed by atoms with Gasteiger partial charge in [0.15, 0.2) is 21.3 Å². The van der Waals surface area contributed by atoms with Crippen molar-refractivity contribution in [3.63, 3.8) is 0 Å². The van der Waals surface area contributed by atoms with Crippen LogP contribution in [-0.4, -0.2) is 39.8 Å². The Bertz CT molecular complexity index is 1360. The summed E-state index contributed by atoms with van der Waals surface area (Å²) in [6, 6.07) is 3.70. The molecule has 0 saturated carbocycles. The number of alkyl halides is 3. The van der Waals surface area contributed by atoms with Crippen LogP contribution in [0.5, 0.6) is 11.6 Å². The number of hydrogen-bond donors (Lipinski definition) is 1. The average Bonchev–Trinajstić information content (AvgIpc) is 3.14. The van der Waals surface area contributed by atoms with Gasteiger partial charge >= 0.3 is 6.18 Å². The van der Waals surface area contributed by atoms with E-state index in [0.717, 1.165) is 18.5 Å². The molecule has 3 rings (SSSR count). The van der Waals surface area contributed by atoms with E-state index >= 15 is 0 Å². The van der Waals surface area contributed by atoms with Gasteiger partial charge < -0.3 is 10.1 Å². The Balaban J connectivity index is 1.88. The summed E-state index contributed by atoms with van der Waals surface area (Å²) in [6.07, 6.45) is -1.48. The first-order chi connectivity index (χ1) is 16.6. The maximum Gasteiger partial charge on any atom is 0.420 e. The SMILES string of the molecule is CCS(=O)(=O)c1ccc(CNC(=O)c2nn(C(C)(C)C)c(Oc3cnccc3C(F)(F)F)c2C)nc1. The number of amides is 1. The molecule has 0 aromatic carbocycles. The first-order valence-corrected chi connectivity index (χ1v) is 12.6. The molecule has 0 aliphatic rings. The van der Waals surface area contributed by atoms with Gasteiger partial charge in [-0.15, -0.1) is 0 Å². The molecule has 194 valence electrons. The van der Waals surface area contributed by atoms with E-state index in [-0.39, 0.29) is 34.3 Å². The Hall–Kier alpha value is -3.48. The third-order valence-corrected chi connectivity index (χ3v) is 6.90. The van der Waals surface area contributed by atoms with Crippen molar-refractivity contribution in [3.05, 3.63) is 59.3 Å². The van der Waals surface area contributed by atoms with Crippen LogP contribution >= 0.6 is 0 Å². The Morgan fingerprint density at radius 1 is 1.14 bits per heavy atom. The van der Waals surface area contributed by atoms with Crippen LogP contribution in [0.3, 0.4) is 0 Å². The van der Waals surface area contributed by atoms with Crippen LogP contribution in [0.2, 0.25) is 0 Å². The summed E-state index contributed by atoms with van der Waals surface area (Å²) in [5, 5.41) is 6.96. The molecule has 3 aromatic rings. The molecule has 0 saturated heterocycles. The number of ether oxygens (including phenoxy) is 1. The molecule has 3 heterocycles. The summed E-state index contributed by atoms with van der Waals surface area (Å²) in [5.41, 5.74) is -1.14. The summed E-state index contributed by atoms with van der Waals surface area (Å²) in [4.78, 5) is 20.8. The number of nitrogens with one attached hydrogen (secondary N) is 1. The molecule has 1 N–H and O–H groups in total. The molecule has 0 radical (unpaired) electrons. The number of hydrogen-bond acceptors (Lipinski definition) is 7. The maximum atomic E-state index is 13.5. The average molecular weight is 526 g/mol. The first-order valence-electron chi connectivity index (χ1n) is 10.9. The zero-order chi connectivity index (χ0) is 26.9. The second kappa shape index (κ2) is 9.88. The van der Waals surface area contributed by atoms with Crippen LogP contribution in [-0.2, 0) is 28.1 Å². The van der Waals surface area contributed by atoms with Crippen molar-refractivity contribution < 1.29 is 31.1 Å². The minimum Gasteiger partial charge on any atom is -0.437 e. The lowest BCUT2D eigenvalue weighted by Crippen LogP contribution is -2.27. The van der Waals surface area contributed by atoms with Crippen LogP contribution in [0.15, 0.2) is 41.7 Å². The highest BCUT2D eigenvalue weighted by Crippen LogP contribution is 2.39. The summed E-state index contributed by atoms with van der Waals surface area (Å²) in [7, 11) is -3.40. The van der Waals surface area contributed by atoms with Crippen molar-refractivity contribution in [2.24, 2.45) is 0 Å². The summed E-state index contributed by atoms with van der Waals surface area (Å²) < 4.78 is 71.2. The Kier molecular flexibility index (Phi) is 7.44. The van der Waals surface area contributed by atoms with Gasteiger partial charge in [-0.2, -0.15) is 18.3 Å². The largest absolute Gasteiger partial charge is 0.437 e. The highest BCUT2D eigenvalue weighted by molar-refractivity contribution is 7.91. The number of nitrogens with zero attached hydrogens (tertiary/aromatic N) is 4. The third-order valence-electron chi connectivity index (χ3n) is 5.18. The fourth-order valence-electron chi connectivity index (χ4n) is 3.19. The van der Waals surface area contributed by atoms with E-state index in [4.69, 9.17) is 4.74 Å². The van der Waals surface area contributed by atoms with Crippen molar-refractivity contribution >= 4 is 15.7 Å². The van der Waals surface area contributed by atoms with Crippen LogP contribution in [0.1, 0.15) is 55.0 Å². The molecule has 9 nitrogen and oxygen atoms in total. The van der Waals surface area contributed by atoms with Gasteiger partial charge in [-0.1, -0.05) is 6.92 Å². The third kappa shape index (κ3) is 5.83. The minimum absolute atomic E-state index is 0.0237. The Morgan fingerprint density at radius 3 is 2.39 bits per heavy atom. The van der Waals surface area contributed by atoms with Gasteiger partial charge in [0.05, 0.1) is 34.6 Å². The second-order valence-electron chi connectivity index (χ2n) is 8.90. The van der Waals surface area contributed by atoms with E-state index in [9.17, 15) is 26.4 Å². The molecule has 0 aliphatic carbocycles. The number of sulfone groups is 1. The lowest BCUT2D eigenvalue weighted by atomic mass is 10.1. The van der Waals surface area contributed by atoms with Crippen LogP contribution < -0.4 is 10.1 Å². The normalized spacial score (nSPS) is 12.4. The Morgan fingerprint density at radius 2 is 1.83 bits per heavy atom. The van der Waals surface area contributed by atoms with E-state index in [1.54, 1.807) is 20.8 Å². The number of pyridine rings is 2. The quantitative estimate of drug-likeness (QED) is 0.490. The van der Waals surface area contributed by atoms with E-state index < -0.39 is 38.8 Å². The molecule has 0 atom stereocenters. The van der Waals surface area contributed by atoms with Crippen LogP contribution in [0.4, 0.5) is 13.2 Å². The summed E-state index contributed by atoms with van der Waals surface area (Å²) >= 11 is 0. The molecule has 0 aliphatic heterocycles. The lowest BCUT2D eigenvalue weighted by Gasteiger charge is -2.23. The van der Waals surface area contributed by atoms with E-state index in [2.05, 4.69) is 20.4 Å². The first kappa shape index (κ1) is 27.1. The van der Waals surface area contributed by atoms with Gasteiger partial charge in [-0.05, 0) is 45.9 Å². The van der Waals surface area contributed by atoms with Gasteiger partial charge in [0, 0.05) is 18.0 Å². The number of rotatable bonds is 7. The van der Waals surface area contributed by atoms with Crippen LogP contribution in [0, 0.1) is 6.92 Å². The van der Waals surface area contributed by atoms with Gasteiger partial charge in [-0.25, -0.2) is 13.1 Å². The fourth-order valence-corrected chi connectivity index (χ4v) is 4.01. The molecule has 0 fully saturated rings. The highest BCUT2D eigenvalue weighted by Gasteiger charge is 2.36. The van der Waals surface area contributed by atoms with Gasteiger partial charge in [0.1, 0.15) is 5.56 Å². The molecule has 36 heavy (non-hydrogen) atoms. The fraction of sp³-hybridized carbons (Fsp3) is 0.391. The molecule has 0 unspecified atom stereocenters. The van der Waals surface area contributed by atoms with E-state index in [1.165, 1.54) is 36.9 Å². The minimum atomic E-state index is -4.67. The van der Waals surface area contributed by atoms with Crippen LogP contribution in [0.25, 0.3) is 0 Å². The standard InChI is InChI=1S/C23H26F3N5O4S/c1-6-36(33,34)16-8-7-15(28-12-16)11-29-20(32)19-14(2)21(31(30-19)22(3,4)5)35-18-13-27-10-9-17(18)23(24,25)26/h7-10,12-13H,6,11H2,1-5H3,(H,29,32). The monoisotopic (exact) mass is 525 g/mol. The molecular formula is C23H26F3N5O4S. The highest BCUT2D eigenvalue weighted by atomic mass is 32.2. The van der Waals surface area contributed by atoms with Gasteiger partial charge in [0.25, 0.3) is 5.91 Å². The zero-order valence-electron chi connectivity index (χ0n) is 20.3. The van der Waals surface area contributed by atoms with Gasteiger partial charge in [-0.3, -0.25) is 14.8 Å². The van der Waals surface area contributed by atoms with Crippen molar-refractivity contribution in [3.8, 4) is 11.6 Å². The zero-order valence-corrected chi connectivity index (χ0v) is 21.2. The Labute approximate surface area is 206 Å². The molecule has 1 amide bonds. The molecule has 0 spiro atoms. The van der Waals surface area contributed by atoms with Gasteiger partial charge in [0.2, 0.25) is 5.88 Å². The predicted octanol–water partition coefficient (Wildman–Crippen LogP) is 4.27. The van der Waals surface area contributed by atoms with Crippen molar-refractivity contribution in [1.82, 2.24) is 25.1 Å².